The average molecular weight is 442 g/mol. The molecule has 5 N–H and O–H groups in total. The van der Waals surface area contributed by atoms with Crippen LogP contribution in [0, 0.1) is 0 Å². The molecule has 0 spiro atoms. The first kappa shape index (κ1) is 20.1. The minimum atomic E-state index is -0.479. The van der Waals surface area contributed by atoms with Gasteiger partial charge < -0.3 is 30.5 Å². The molecule has 0 saturated heterocycles. The molecule has 0 fully saturated rings. The van der Waals surface area contributed by atoms with E-state index in [1.54, 1.807) is 24.4 Å². The third-order valence-corrected chi connectivity index (χ3v) is 5.51. The van der Waals surface area contributed by atoms with Gasteiger partial charge in [0.2, 0.25) is 5.78 Å². The highest BCUT2D eigenvalue weighted by molar-refractivity contribution is 6.17. The number of carbonyl (C=O) groups excluding carboxylic acids is 1. The van der Waals surface area contributed by atoms with Gasteiger partial charge in [0.15, 0.2) is 11.6 Å². The van der Waals surface area contributed by atoms with E-state index in [0.29, 0.717) is 16.8 Å². The molecule has 0 atom stereocenters. The number of fused-ring (bicyclic) bond motifs is 2. The summed E-state index contributed by atoms with van der Waals surface area (Å²) >= 11 is 0. The summed E-state index contributed by atoms with van der Waals surface area (Å²) in [7, 11) is 1.85. The van der Waals surface area contributed by atoms with Gasteiger partial charge in [0.25, 0.3) is 0 Å². The second kappa shape index (κ2) is 7.41. The summed E-state index contributed by atoms with van der Waals surface area (Å²) in [5, 5.41) is 32.5. The maximum atomic E-state index is 12.9. The molecule has 2 aromatic heterocycles. The number of aromatic nitrogens is 2. The molecule has 2 aromatic carbocycles. The summed E-state index contributed by atoms with van der Waals surface area (Å²) in [5.74, 6) is -0.890. The first-order chi connectivity index (χ1) is 15.9. The first-order valence-electron chi connectivity index (χ1n) is 9.90. The predicted molar refractivity (Wildman–Crippen MR) is 121 cm³/mol. The van der Waals surface area contributed by atoms with Crippen molar-refractivity contribution in [3.63, 3.8) is 0 Å². The van der Waals surface area contributed by atoms with Crippen molar-refractivity contribution < 1.29 is 25.0 Å². The highest BCUT2D eigenvalue weighted by atomic mass is 16.5. The summed E-state index contributed by atoms with van der Waals surface area (Å²) < 4.78 is 7.49. The molecule has 0 radical (unpaired) electrons. The maximum absolute atomic E-state index is 12.9. The first-order valence-corrected chi connectivity index (χ1v) is 9.90. The number of allylic oxidation sites excluding steroid dienone is 1. The molecule has 33 heavy (non-hydrogen) atoms. The van der Waals surface area contributed by atoms with E-state index in [2.05, 4.69) is 10.1 Å². The number of nitrogens with zero attached hydrogens (tertiary/aromatic N) is 3. The lowest BCUT2D eigenvalue weighted by atomic mass is 9.99. The zero-order chi connectivity index (χ0) is 23.3. The highest BCUT2D eigenvalue weighted by Crippen LogP contribution is 2.41. The number of hydrogen-bond donors (Lipinski definition) is 4. The van der Waals surface area contributed by atoms with E-state index in [9.17, 15) is 15.0 Å². The molecular formula is C24H18N4O5. The van der Waals surface area contributed by atoms with Crippen LogP contribution in [0.3, 0.4) is 0 Å². The molecule has 164 valence electrons. The molecule has 9 heteroatoms. The number of rotatable bonds is 3. The van der Waals surface area contributed by atoms with Gasteiger partial charge in [-0.15, -0.1) is 0 Å². The molecule has 1 aliphatic heterocycles. The number of phenolic OH excluding ortho intramolecular Hbond substituents is 2. The lowest BCUT2D eigenvalue weighted by Crippen LogP contribution is -2.12. The highest BCUT2D eigenvalue weighted by Gasteiger charge is 2.31. The van der Waals surface area contributed by atoms with Crippen LogP contribution in [0.5, 0.6) is 17.2 Å². The Balaban J connectivity index is 1.64. The largest absolute Gasteiger partial charge is 0.508 e. The molecule has 0 unspecified atom stereocenters. The zero-order valence-corrected chi connectivity index (χ0v) is 17.4. The average Bonchev–Trinajstić information content (AvgIpc) is 3.29. The topological polar surface area (TPSA) is 143 Å². The Morgan fingerprint density at radius 1 is 1.18 bits per heavy atom. The number of ketones is 1. The summed E-state index contributed by atoms with van der Waals surface area (Å²) in [6.07, 6.45) is 5.12. The number of benzene rings is 2. The minimum absolute atomic E-state index is 0.0105. The fraction of sp³-hybridized carbons (Fsp3) is 0.0417. The van der Waals surface area contributed by atoms with Gasteiger partial charge in [-0.25, -0.2) is 4.98 Å². The van der Waals surface area contributed by atoms with Crippen molar-refractivity contribution in [1.29, 1.82) is 0 Å². The van der Waals surface area contributed by atoms with Gasteiger partial charge in [0.05, 0.1) is 0 Å². The molecule has 1 aliphatic rings. The lowest BCUT2D eigenvalue weighted by molar-refractivity contribution is 0.101. The van der Waals surface area contributed by atoms with Crippen LogP contribution < -0.4 is 10.5 Å². The van der Waals surface area contributed by atoms with Crippen LogP contribution in [-0.4, -0.2) is 36.6 Å². The smallest absolute Gasteiger partial charge is 0.235 e. The van der Waals surface area contributed by atoms with Crippen LogP contribution in [0.15, 0.2) is 65.8 Å². The van der Waals surface area contributed by atoms with Crippen LogP contribution in [0.25, 0.3) is 28.2 Å². The van der Waals surface area contributed by atoms with Gasteiger partial charge in [0, 0.05) is 48.1 Å². The number of aryl methyl sites for hydroxylation is 1. The number of oxime groups is 1. The standard InChI is InChI=1S/C24H18N4O5/c1-28-11-14(8-19-22(31)21-17(30)9-15(29)10-18(21)33-19)20-16(6-7-26-24(20)28)12-2-4-13(5-3-12)23(25)27-32/h2-11,29-30,32H,1H3,(H2,25,27)/b19-8-. The normalized spacial score (nSPS) is 14.6. The molecule has 0 amide bonds. The number of phenols is 2. The summed E-state index contributed by atoms with van der Waals surface area (Å²) in [6.45, 7) is 0. The second-order valence-electron chi connectivity index (χ2n) is 7.59. The zero-order valence-electron chi connectivity index (χ0n) is 17.4. The van der Waals surface area contributed by atoms with Gasteiger partial charge >= 0.3 is 0 Å². The number of nitrogens with two attached hydrogens (primary N) is 1. The third kappa shape index (κ3) is 3.23. The monoisotopic (exact) mass is 442 g/mol. The summed E-state index contributed by atoms with van der Waals surface area (Å²) in [5.41, 5.74) is 9.37. The number of amidine groups is 1. The van der Waals surface area contributed by atoms with Crippen molar-refractivity contribution in [1.82, 2.24) is 9.55 Å². The van der Waals surface area contributed by atoms with Crippen molar-refractivity contribution in [3.8, 4) is 28.4 Å². The van der Waals surface area contributed by atoms with Crippen LogP contribution in [0.1, 0.15) is 21.5 Å². The predicted octanol–water partition coefficient (Wildman–Crippen LogP) is 3.36. The number of hydrogen-bond acceptors (Lipinski definition) is 7. The van der Waals surface area contributed by atoms with E-state index in [0.717, 1.165) is 22.6 Å². The number of aromatic hydroxyl groups is 2. The third-order valence-electron chi connectivity index (χ3n) is 5.51. The SMILES string of the molecule is Cn1cc(/C=C2\Oc3cc(O)cc(O)c3C2=O)c2c(-c3ccc(/C(N)=N/O)cc3)ccnc21. The van der Waals surface area contributed by atoms with Gasteiger partial charge in [-0.2, -0.15) is 0 Å². The van der Waals surface area contributed by atoms with Gasteiger partial charge in [-0.1, -0.05) is 29.4 Å². The Morgan fingerprint density at radius 3 is 2.67 bits per heavy atom. The molecule has 0 saturated carbocycles. The molecule has 5 rings (SSSR count). The van der Waals surface area contributed by atoms with E-state index in [1.807, 2.05) is 36.0 Å². The Kier molecular flexibility index (Phi) is 4.52. The number of pyridine rings is 1. The van der Waals surface area contributed by atoms with Gasteiger partial charge in [-0.05, 0) is 23.3 Å². The van der Waals surface area contributed by atoms with Crippen molar-refractivity contribution in [3.05, 3.63) is 77.3 Å². The van der Waals surface area contributed by atoms with Crippen molar-refractivity contribution in [2.24, 2.45) is 17.9 Å². The quantitative estimate of drug-likeness (QED) is 0.125. The van der Waals surface area contributed by atoms with E-state index >= 15 is 0 Å². The molecule has 3 heterocycles. The van der Waals surface area contributed by atoms with E-state index in [1.165, 1.54) is 6.07 Å². The maximum Gasteiger partial charge on any atom is 0.235 e. The molecule has 4 aromatic rings. The minimum Gasteiger partial charge on any atom is -0.508 e. The van der Waals surface area contributed by atoms with Crippen LogP contribution >= 0.6 is 0 Å². The summed E-state index contributed by atoms with van der Waals surface area (Å²) in [4.78, 5) is 17.3. The molecule has 9 nitrogen and oxygen atoms in total. The van der Waals surface area contributed by atoms with Crippen molar-refractivity contribution in [2.45, 2.75) is 0 Å². The second-order valence-corrected chi connectivity index (χ2v) is 7.59. The van der Waals surface area contributed by atoms with Crippen molar-refractivity contribution >= 4 is 28.7 Å². The van der Waals surface area contributed by atoms with Gasteiger partial charge in [-0.3, -0.25) is 4.79 Å². The molecule has 0 aliphatic carbocycles. The number of Topliss-reactive ketones (excluding diaryl/α,β-unsaturated/α-hetero) is 1. The molecular weight excluding hydrogens is 424 g/mol. The Morgan fingerprint density at radius 2 is 1.94 bits per heavy atom. The van der Waals surface area contributed by atoms with Crippen molar-refractivity contribution in [2.75, 3.05) is 0 Å². The number of carbonyl (C=O) groups is 1. The van der Waals surface area contributed by atoms with E-state index in [-0.39, 0.29) is 34.4 Å². The fourth-order valence-electron chi connectivity index (χ4n) is 3.98. The van der Waals surface area contributed by atoms with Gasteiger partial charge in [0.1, 0.15) is 28.5 Å². The number of ether oxygens (including phenoxy) is 1. The fourth-order valence-corrected chi connectivity index (χ4v) is 3.98. The van der Waals surface area contributed by atoms with E-state index in [4.69, 9.17) is 15.7 Å². The van der Waals surface area contributed by atoms with Crippen LogP contribution in [0.4, 0.5) is 0 Å². The Hall–Kier alpha value is -4.79. The van der Waals surface area contributed by atoms with E-state index < -0.39 is 5.78 Å². The summed E-state index contributed by atoms with van der Waals surface area (Å²) in [6, 6.07) is 11.4. The van der Waals surface area contributed by atoms with Crippen LogP contribution in [0.2, 0.25) is 0 Å². The molecule has 0 bridgehead atoms. The van der Waals surface area contributed by atoms with Crippen LogP contribution in [-0.2, 0) is 7.05 Å². The Labute approximate surface area is 187 Å². The lowest BCUT2D eigenvalue weighted by Gasteiger charge is -2.07. The Bertz CT molecular complexity index is 1500.